The molecule has 0 aliphatic heterocycles. The van der Waals surface area contributed by atoms with Gasteiger partial charge >= 0.3 is 11.9 Å². The summed E-state index contributed by atoms with van der Waals surface area (Å²) >= 11 is 5.07. The number of hydrogen-bond donors (Lipinski definition) is 2. The molecule has 0 amide bonds. The molecule has 0 fully saturated rings. The van der Waals surface area contributed by atoms with E-state index in [9.17, 15) is 9.59 Å². The molecular weight excluding hydrogens is 232 g/mol. The third-order valence-corrected chi connectivity index (χ3v) is 2.60. The fourth-order valence-electron chi connectivity index (χ4n) is 1.01. The lowest BCUT2D eigenvalue weighted by Crippen LogP contribution is -2.40. The van der Waals surface area contributed by atoms with Gasteiger partial charge in [0.2, 0.25) is 0 Å². The van der Waals surface area contributed by atoms with Gasteiger partial charge in [0, 0.05) is 27.2 Å². The average molecular weight is 248 g/mol. The summed E-state index contributed by atoms with van der Waals surface area (Å²) in [5.74, 6) is -1.77. The predicted octanol–water partition coefficient (Wildman–Crippen LogP) is 0.0843. The van der Waals surface area contributed by atoms with Crippen molar-refractivity contribution >= 4 is 29.3 Å². The van der Waals surface area contributed by atoms with Gasteiger partial charge in [-0.25, -0.2) is 0 Å². The smallest absolute Gasteiger partial charge is 0.305 e. The van der Waals surface area contributed by atoms with Crippen LogP contribution in [0.25, 0.3) is 0 Å². The van der Waals surface area contributed by atoms with E-state index in [-0.39, 0.29) is 12.8 Å². The number of nitrogens with zero attached hydrogens (tertiary/aromatic N) is 2. The van der Waals surface area contributed by atoms with Gasteiger partial charge in [-0.05, 0) is 12.2 Å². The second-order valence-corrected chi connectivity index (χ2v) is 3.78. The predicted molar refractivity (Wildman–Crippen MR) is 62.4 cm³/mol. The highest BCUT2D eigenvalue weighted by Crippen LogP contribution is 1.98. The first-order valence-corrected chi connectivity index (χ1v) is 5.15. The van der Waals surface area contributed by atoms with Gasteiger partial charge in [-0.2, -0.15) is 0 Å². The highest BCUT2D eigenvalue weighted by molar-refractivity contribution is 7.80. The number of aliphatic carboxylic acids is 2. The summed E-state index contributed by atoms with van der Waals surface area (Å²) in [6.07, 6.45) is 0.00677. The summed E-state index contributed by atoms with van der Waals surface area (Å²) in [5.41, 5.74) is 0. The van der Waals surface area contributed by atoms with Crippen molar-refractivity contribution in [2.24, 2.45) is 0 Å². The van der Waals surface area contributed by atoms with E-state index in [1.165, 1.54) is 0 Å². The van der Waals surface area contributed by atoms with E-state index in [2.05, 4.69) is 0 Å². The molecule has 6 nitrogen and oxygen atoms in total. The van der Waals surface area contributed by atoms with E-state index < -0.39 is 11.9 Å². The van der Waals surface area contributed by atoms with Crippen LogP contribution in [0.4, 0.5) is 0 Å². The summed E-state index contributed by atoms with van der Waals surface area (Å²) in [4.78, 5) is 23.9. The Hall–Kier alpha value is -1.37. The molecule has 0 heterocycles. The molecule has 0 radical (unpaired) electrons. The first-order valence-electron chi connectivity index (χ1n) is 4.74. The number of rotatable bonds is 6. The molecule has 2 N–H and O–H groups in total. The highest BCUT2D eigenvalue weighted by atomic mass is 32.1. The Labute approximate surface area is 99.4 Å². The summed E-state index contributed by atoms with van der Waals surface area (Å²) in [6.45, 7) is 0.622. The van der Waals surface area contributed by atoms with Gasteiger partial charge < -0.3 is 20.0 Å². The average Bonchev–Trinajstić information content (AvgIpc) is 2.21. The Morgan fingerprint density at radius 1 is 1.00 bits per heavy atom. The molecule has 0 saturated carbocycles. The van der Waals surface area contributed by atoms with Crippen molar-refractivity contribution in [3.8, 4) is 0 Å². The Morgan fingerprint density at radius 3 is 1.56 bits per heavy atom. The quantitative estimate of drug-likeness (QED) is 0.644. The monoisotopic (exact) mass is 248 g/mol. The van der Waals surface area contributed by atoms with Gasteiger partial charge in [-0.3, -0.25) is 9.59 Å². The highest BCUT2D eigenvalue weighted by Gasteiger charge is 2.11. The van der Waals surface area contributed by atoms with Crippen molar-refractivity contribution in [1.29, 1.82) is 0 Å². The van der Waals surface area contributed by atoms with Crippen LogP contribution in [0.1, 0.15) is 12.8 Å². The number of carboxylic acid groups (broad SMARTS) is 2. The molecule has 0 rings (SSSR count). The van der Waals surface area contributed by atoms with Gasteiger partial charge in [0.25, 0.3) is 0 Å². The molecule has 0 unspecified atom stereocenters. The number of hydrogen-bond acceptors (Lipinski definition) is 3. The van der Waals surface area contributed by atoms with Crippen molar-refractivity contribution in [3.63, 3.8) is 0 Å². The summed E-state index contributed by atoms with van der Waals surface area (Å²) in [6, 6.07) is 0. The minimum Gasteiger partial charge on any atom is -0.481 e. The van der Waals surface area contributed by atoms with Gasteiger partial charge in [0.05, 0.1) is 12.8 Å². The lowest BCUT2D eigenvalue weighted by molar-refractivity contribution is -0.138. The van der Waals surface area contributed by atoms with Crippen LogP contribution in [0.3, 0.4) is 0 Å². The zero-order chi connectivity index (χ0) is 12.7. The fraction of sp³-hybridized carbons (Fsp3) is 0.667. The SMILES string of the molecule is CN(CCC(=O)O)C(=S)N(C)CCC(=O)O. The minimum absolute atomic E-state index is 0.00338. The molecular formula is C9H16N2O4S. The van der Waals surface area contributed by atoms with Crippen LogP contribution >= 0.6 is 12.2 Å². The van der Waals surface area contributed by atoms with Crippen molar-refractivity contribution in [2.45, 2.75) is 12.8 Å². The Kier molecular flexibility index (Phi) is 6.40. The van der Waals surface area contributed by atoms with Crippen LogP contribution in [0, 0.1) is 0 Å². The van der Waals surface area contributed by atoms with Crippen LogP contribution < -0.4 is 0 Å². The molecule has 7 heteroatoms. The number of carbonyl (C=O) groups is 2. The molecule has 0 aromatic carbocycles. The van der Waals surface area contributed by atoms with Gasteiger partial charge in [0.15, 0.2) is 5.11 Å². The minimum atomic E-state index is -0.886. The maximum atomic E-state index is 10.3. The molecule has 16 heavy (non-hydrogen) atoms. The lowest BCUT2D eigenvalue weighted by Gasteiger charge is -2.27. The van der Waals surface area contributed by atoms with Crippen molar-refractivity contribution < 1.29 is 19.8 Å². The first-order chi connectivity index (χ1) is 7.34. The van der Waals surface area contributed by atoms with Gasteiger partial charge in [-0.15, -0.1) is 0 Å². The molecule has 0 aliphatic carbocycles. The van der Waals surface area contributed by atoms with Crippen molar-refractivity contribution in [1.82, 2.24) is 9.80 Å². The molecule has 0 aliphatic rings. The van der Waals surface area contributed by atoms with E-state index in [0.717, 1.165) is 0 Å². The van der Waals surface area contributed by atoms with Crippen LogP contribution in [-0.2, 0) is 9.59 Å². The van der Waals surface area contributed by atoms with Gasteiger partial charge in [-0.1, -0.05) is 0 Å². The third-order valence-electron chi connectivity index (χ3n) is 1.98. The van der Waals surface area contributed by atoms with Crippen molar-refractivity contribution in [3.05, 3.63) is 0 Å². The summed E-state index contributed by atoms with van der Waals surface area (Å²) in [7, 11) is 3.37. The zero-order valence-corrected chi connectivity index (χ0v) is 10.2. The van der Waals surface area contributed by atoms with Crippen LogP contribution in [0.2, 0.25) is 0 Å². The normalized spacial score (nSPS) is 9.62. The fourth-order valence-corrected chi connectivity index (χ4v) is 1.19. The third kappa shape index (κ3) is 6.18. The topological polar surface area (TPSA) is 81.1 Å². The molecule has 0 bridgehead atoms. The lowest BCUT2D eigenvalue weighted by atomic mass is 10.4. The first kappa shape index (κ1) is 14.6. The zero-order valence-electron chi connectivity index (χ0n) is 9.34. The van der Waals surface area contributed by atoms with E-state index in [1.807, 2.05) is 0 Å². The Balaban J connectivity index is 4.00. The molecule has 0 saturated heterocycles. The second-order valence-electron chi connectivity index (χ2n) is 3.41. The van der Waals surface area contributed by atoms with E-state index in [1.54, 1.807) is 23.9 Å². The summed E-state index contributed by atoms with van der Waals surface area (Å²) in [5, 5.41) is 17.4. The molecule has 0 spiro atoms. The molecule has 92 valence electrons. The standard InChI is InChI=1S/C9H16N2O4S/c1-10(5-3-7(12)13)9(16)11(2)6-4-8(14)15/h3-6H2,1-2H3,(H,12,13)(H,14,15). The van der Waals surface area contributed by atoms with Crippen molar-refractivity contribution in [2.75, 3.05) is 27.2 Å². The maximum absolute atomic E-state index is 10.3. The van der Waals surface area contributed by atoms with Gasteiger partial charge in [0.1, 0.15) is 0 Å². The number of carboxylic acids is 2. The molecule has 0 atom stereocenters. The van der Waals surface area contributed by atoms with E-state index >= 15 is 0 Å². The van der Waals surface area contributed by atoms with Crippen LogP contribution in [0.5, 0.6) is 0 Å². The van der Waals surface area contributed by atoms with E-state index in [4.69, 9.17) is 22.4 Å². The second kappa shape index (κ2) is 7.00. The molecule has 0 aromatic rings. The van der Waals surface area contributed by atoms with Crippen LogP contribution in [0.15, 0.2) is 0 Å². The number of thiocarbonyl (C=S) groups is 1. The molecule has 0 aromatic heterocycles. The maximum Gasteiger partial charge on any atom is 0.305 e. The van der Waals surface area contributed by atoms with E-state index in [0.29, 0.717) is 18.2 Å². The Bertz CT molecular complexity index is 257. The Morgan fingerprint density at radius 2 is 1.31 bits per heavy atom. The van der Waals surface area contributed by atoms with Crippen LogP contribution in [-0.4, -0.2) is 64.2 Å². The largest absolute Gasteiger partial charge is 0.481 e. The summed E-state index contributed by atoms with van der Waals surface area (Å²) < 4.78 is 0.